The van der Waals surface area contributed by atoms with Crippen molar-refractivity contribution in [3.8, 4) is 0 Å². The van der Waals surface area contributed by atoms with Gasteiger partial charge < -0.3 is 9.80 Å². The maximum Gasteiger partial charge on any atom is 1.00 e. The molecule has 2 nitrogen and oxygen atoms in total. The Kier molecular flexibility index (Phi) is 11.6. The van der Waals surface area contributed by atoms with Crippen molar-refractivity contribution in [2.45, 2.75) is 79.1 Å². The minimum Gasteiger partial charge on any atom is -0.479 e. The van der Waals surface area contributed by atoms with E-state index in [0.29, 0.717) is 23.7 Å². The molecule has 0 spiro atoms. The SMILES string of the molecule is CC(C)c1cccc(C(C)C)c1N1C=CN(c2c(C(C)C)cccc2C(C)C)[CH-]1.[Au+].[CH2-]c1ccccc1. The molecule has 3 aromatic carbocycles. The second-order valence-electron chi connectivity index (χ2n) is 10.9. The third-order valence-corrected chi connectivity index (χ3v) is 6.68. The third-order valence-electron chi connectivity index (χ3n) is 6.68. The monoisotopic (exact) mass is 677 g/mol. The van der Waals surface area contributed by atoms with Crippen molar-refractivity contribution in [2.75, 3.05) is 9.80 Å². The first-order valence-corrected chi connectivity index (χ1v) is 13.3. The molecular formula is C34H44AuN2-. The van der Waals surface area contributed by atoms with E-state index in [1.54, 1.807) is 0 Å². The Balaban J connectivity index is 0.000000520. The van der Waals surface area contributed by atoms with E-state index in [4.69, 9.17) is 0 Å². The molecule has 3 heteroatoms. The maximum atomic E-state index is 3.72. The first kappa shape index (κ1) is 30.8. The number of benzene rings is 3. The number of anilines is 2. The summed E-state index contributed by atoms with van der Waals surface area (Å²) in [4.78, 5) is 4.65. The molecule has 0 N–H and O–H groups in total. The van der Waals surface area contributed by atoms with Gasteiger partial charge in [0, 0.05) is 11.4 Å². The summed E-state index contributed by atoms with van der Waals surface area (Å²) >= 11 is 0. The van der Waals surface area contributed by atoms with Crippen LogP contribution in [0, 0.1) is 13.6 Å². The van der Waals surface area contributed by atoms with Gasteiger partial charge in [0.2, 0.25) is 0 Å². The van der Waals surface area contributed by atoms with Gasteiger partial charge in [0.05, 0.1) is 0 Å². The predicted octanol–water partition coefficient (Wildman–Crippen LogP) is 9.96. The van der Waals surface area contributed by atoms with E-state index in [0.717, 1.165) is 5.56 Å². The smallest absolute Gasteiger partial charge is 0.479 e. The largest absolute Gasteiger partial charge is 1.00 e. The van der Waals surface area contributed by atoms with Crippen molar-refractivity contribution in [2.24, 2.45) is 0 Å². The van der Waals surface area contributed by atoms with E-state index >= 15 is 0 Å². The summed E-state index contributed by atoms with van der Waals surface area (Å²) in [6.45, 7) is 24.2. The molecule has 4 rings (SSSR count). The van der Waals surface area contributed by atoms with Crippen LogP contribution in [0.25, 0.3) is 0 Å². The first-order valence-electron chi connectivity index (χ1n) is 13.3. The normalized spacial score (nSPS) is 12.9. The molecule has 0 amide bonds. The molecule has 3 aromatic rings. The van der Waals surface area contributed by atoms with Crippen LogP contribution in [0.4, 0.5) is 11.4 Å². The zero-order valence-corrected chi connectivity index (χ0v) is 26.0. The fourth-order valence-electron chi connectivity index (χ4n) is 4.72. The second-order valence-corrected chi connectivity index (χ2v) is 10.9. The summed E-state index contributed by atoms with van der Waals surface area (Å²) in [5, 5.41) is 0. The molecule has 37 heavy (non-hydrogen) atoms. The van der Waals surface area contributed by atoms with Gasteiger partial charge >= 0.3 is 22.4 Å². The van der Waals surface area contributed by atoms with Gasteiger partial charge in [-0.15, -0.1) is 18.8 Å². The molecule has 0 aromatic heterocycles. The van der Waals surface area contributed by atoms with Gasteiger partial charge in [0.15, 0.2) is 0 Å². The summed E-state index contributed by atoms with van der Waals surface area (Å²) < 4.78 is 0. The van der Waals surface area contributed by atoms with E-state index in [1.807, 2.05) is 30.3 Å². The van der Waals surface area contributed by atoms with Crippen LogP contribution in [0.5, 0.6) is 0 Å². The number of hydrogen-bond acceptors (Lipinski definition) is 2. The van der Waals surface area contributed by atoms with E-state index in [-0.39, 0.29) is 22.4 Å². The molecule has 0 fully saturated rings. The summed E-state index contributed by atoms with van der Waals surface area (Å²) in [7, 11) is 0. The fourth-order valence-corrected chi connectivity index (χ4v) is 4.72. The zero-order chi connectivity index (χ0) is 26.4. The molecule has 0 saturated carbocycles. The Bertz CT molecular complexity index is 1020. The summed E-state index contributed by atoms with van der Waals surface area (Å²) in [5.41, 5.74) is 9.36. The van der Waals surface area contributed by atoms with Gasteiger partial charge in [-0.3, -0.25) is 0 Å². The van der Waals surface area contributed by atoms with Gasteiger partial charge in [-0.25, -0.2) is 0 Å². The van der Waals surface area contributed by atoms with Gasteiger partial charge in [0.1, 0.15) is 0 Å². The van der Waals surface area contributed by atoms with E-state index in [1.165, 1.54) is 33.6 Å². The van der Waals surface area contributed by atoms with Crippen LogP contribution in [0.1, 0.15) is 107 Å². The molecule has 0 saturated heterocycles. The molecule has 1 heterocycles. The number of hydrogen-bond donors (Lipinski definition) is 0. The Labute approximate surface area is 242 Å². The second kappa shape index (κ2) is 14.0. The van der Waals surface area contributed by atoms with Gasteiger partial charge in [-0.2, -0.15) is 24.6 Å². The maximum absolute atomic E-state index is 3.72. The topological polar surface area (TPSA) is 6.48 Å². The molecule has 1 aliphatic heterocycles. The summed E-state index contributed by atoms with van der Waals surface area (Å²) in [6, 6.07) is 23.4. The van der Waals surface area contributed by atoms with Crippen LogP contribution < -0.4 is 9.80 Å². The predicted molar refractivity (Wildman–Crippen MR) is 159 cm³/mol. The van der Waals surface area contributed by atoms with Crippen molar-refractivity contribution in [1.29, 1.82) is 0 Å². The fraction of sp³-hybridized carbons (Fsp3) is 0.353. The molecule has 202 valence electrons. The Morgan fingerprint density at radius 1 is 0.514 bits per heavy atom. The Morgan fingerprint density at radius 2 is 0.838 bits per heavy atom. The van der Waals surface area contributed by atoms with E-state index < -0.39 is 0 Å². The van der Waals surface area contributed by atoms with Crippen molar-refractivity contribution in [3.05, 3.63) is 121 Å². The quantitative estimate of drug-likeness (QED) is 0.189. The van der Waals surface area contributed by atoms with Crippen LogP contribution >= 0.6 is 0 Å². The minimum atomic E-state index is 0. The van der Waals surface area contributed by atoms with Crippen LogP contribution in [0.2, 0.25) is 0 Å². The van der Waals surface area contributed by atoms with Crippen LogP contribution in [0.15, 0.2) is 79.1 Å². The van der Waals surface area contributed by atoms with Gasteiger partial charge in [0.25, 0.3) is 0 Å². The molecule has 1 aliphatic rings. The molecule has 0 bridgehead atoms. The average Bonchev–Trinajstić information content (AvgIpc) is 3.33. The van der Waals surface area contributed by atoms with Gasteiger partial charge in [-0.05, 0) is 58.3 Å². The van der Waals surface area contributed by atoms with E-state index in [2.05, 4.69) is 128 Å². The third kappa shape index (κ3) is 7.57. The molecule has 0 aliphatic carbocycles. The first-order chi connectivity index (χ1) is 17.1. The van der Waals surface area contributed by atoms with E-state index in [9.17, 15) is 0 Å². The molecular weight excluding hydrogens is 633 g/mol. The van der Waals surface area contributed by atoms with Crippen molar-refractivity contribution < 1.29 is 22.4 Å². The van der Waals surface area contributed by atoms with Crippen molar-refractivity contribution >= 4 is 11.4 Å². The van der Waals surface area contributed by atoms with Crippen molar-refractivity contribution in [3.63, 3.8) is 0 Å². The molecule has 0 radical (unpaired) electrons. The van der Waals surface area contributed by atoms with Crippen molar-refractivity contribution in [1.82, 2.24) is 0 Å². The van der Waals surface area contributed by atoms with Gasteiger partial charge in [-0.1, -0.05) is 97.9 Å². The van der Waals surface area contributed by atoms with Crippen LogP contribution in [0.3, 0.4) is 0 Å². The number of rotatable bonds is 6. The zero-order valence-electron chi connectivity index (χ0n) is 23.8. The molecule has 0 unspecified atom stereocenters. The Hall–Kier alpha value is -2.39. The van der Waals surface area contributed by atoms with Crippen LogP contribution in [-0.4, -0.2) is 0 Å². The van der Waals surface area contributed by atoms with Crippen LogP contribution in [-0.2, 0) is 22.4 Å². The average molecular weight is 678 g/mol. The minimum absolute atomic E-state index is 0. The number of para-hydroxylation sites is 2. The number of nitrogens with zero attached hydrogens (tertiary/aromatic N) is 2. The molecule has 0 atom stereocenters. The summed E-state index contributed by atoms with van der Waals surface area (Å²) in [5.74, 6) is 1.92. The standard InChI is InChI=1S/C27H37N2.C7H7.Au/c1-18(2)22-11-9-12-23(19(3)4)26(22)28-15-16-29(17-28)27-24(20(5)6)13-10-14-25(27)21(7)8;1-7-5-3-2-4-6-7;/h9-21H,1-8H3;2-6H,1H2;/q2*-1;+1. The summed E-state index contributed by atoms with van der Waals surface area (Å²) in [6.07, 6.45) is 4.43. The Morgan fingerprint density at radius 3 is 1.08 bits per heavy atom.